The van der Waals surface area contributed by atoms with Crippen LogP contribution < -0.4 is 14.9 Å². The van der Waals surface area contributed by atoms with Crippen LogP contribution in [0.4, 0.5) is 5.69 Å². The number of nitrogens with zero attached hydrogens (tertiary/aromatic N) is 1. The normalized spacial score (nSPS) is 10.7. The van der Waals surface area contributed by atoms with Gasteiger partial charge in [0.25, 0.3) is 0 Å². The summed E-state index contributed by atoms with van der Waals surface area (Å²) in [5.41, 5.74) is -0.170. The molecule has 0 bridgehead atoms. The van der Waals surface area contributed by atoms with Crippen molar-refractivity contribution in [2.24, 2.45) is 0 Å². The third kappa shape index (κ3) is 2.61. The molecule has 0 fully saturated rings. The minimum atomic E-state index is -0.629. The van der Waals surface area contributed by atoms with Gasteiger partial charge in [-0.3, -0.25) is 14.9 Å². The highest BCUT2D eigenvalue weighted by atomic mass is 16.6. The lowest BCUT2D eigenvalue weighted by atomic mass is 10.1. The van der Waals surface area contributed by atoms with Gasteiger partial charge in [0.1, 0.15) is 17.1 Å². The largest absolute Gasteiger partial charge is 0.508 e. The Morgan fingerprint density at radius 2 is 1.88 bits per heavy atom. The minimum Gasteiger partial charge on any atom is -0.508 e. The molecule has 8 heteroatoms. The standard InChI is InChI=1S/C18H15NO7/c1-9-12(20)6-4-10-13(21)8-15(26-17(9)10)11-5-7-14(24-2)18(25-3)16(11)19(22)23/h4-8,20H,1-3H3. The number of nitro groups is 1. The number of fused-ring (bicyclic) bond motifs is 1. The molecular formula is C18H15NO7. The number of rotatable bonds is 4. The molecule has 2 aromatic carbocycles. The zero-order chi connectivity index (χ0) is 19.0. The van der Waals surface area contributed by atoms with Crippen molar-refractivity contribution in [3.8, 4) is 28.6 Å². The first-order valence-electron chi connectivity index (χ1n) is 7.55. The molecule has 3 aromatic rings. The summed E-state index contributed by atoms with van der Waals surface area (Å²) in [6.45, 7) is 1.59. The molecule has 134 valence electrons. The predicted octanol–water partition coefficient (Wildman–Crippen LogP) is 3.40. The Morgan fingerprint density at radius 1 is 1.15 bits per heavy atom. The number of hydrogen-bond acceptors (Lipinski definition) is 7. The molecule has 0 aliphatic rings. The van der Waals surface area contributed by atoms with Gasteiger partial charge in [0.2, 0.25) is 5.75 Å². The van der Waals surface area contributed by atoms with Crippen LogP contribution in [0.1, 0.15) is 5.56 Å². The summed E-state index contributed by atoms with van der Waals surface area (Å²) < 4.78 is 16.0. The molecule has 0 saturated carbocycles. The molecule has 0 aliphatic heterocycles. The number of benzene rings is 2. The number of phenols is 1. The summed E-state index contributed by atoms with van der Waals surface area (Å²) in [5.74, 6) is 0.0498. The van der Waals surface area contributed by atoms with Gasteiger partial charge in [0.15, 0.2) is 11.2 Å². The van der Waals surface area contributed by atoms with Crippen molar-refractivity contribution < 1.29 is 23.9 Å². The maximum absolute atomic E-state index is 12.4. The zero-order valence-corrected chi connectivity index (χ0v) is 14.2. The Kier molecular flexibility index (Phi) is 4.25. The summed E-state index contributed by atoms with van der Waals surface area (Å²) >= 11 is 0. The van der Waals surface area contributed by atoms with Gasteiger partial charge < -0.3 is 19.0 Å². The summed E-state index contributed by atoms with van der Waals surface area (Å²) in [6.07, 6.45) is 0. The molecule has 1 aromatic heterocycles. The molecule has 3 rings (SSSR count). The van der Waals surface area contributed by atoms with Crippen LogP contribution in [0.2, 0.25) is 0 Å². The lowest BCUT2D eigenvalue weighted by Gasteiger charge is -2.11. The molecule has 0 aliphatic carbocycles. The van der Waals surface area contributed by atoms with Gasteiger partial charge in [-0.15, -0.1) is 0 Å². The van der Waals surface area contributed by atoms with E-state index in [0.717, 1.165) is 0 Å². The van der Waals surface area contributed by atoms with E-state index in [1.54, 1.807) is 6.92 Å². The number of aryl methyl sites for hydroxylation is 1. The summed E-state index contributed by atoms with van der Waals surface area (Å²) in [6, 6.07) is 6.92. The monoisotopic (exact) mass is 357 g/mol. The van der Waals surface area contributed by atoms with Crippen molar-refractivity contribution in [3.63, 3.8) is 0 Å². The number of methoxy groups -OCH3 is 2. The first-order valence-corrected chi connectivity index (χ1v) is 7.55. The van der Waals surface area contributed by atoms with Crippen molar-refractivity contribution in [1.82, 2.24) is 0 Å². The third-order valence-electron chi connectivity index (χ3n) is 4.08. The van der Waals surface area contributed by atoms with E-state index in [-0.39, 0.29) is 50.7 Å². The highest BCUT2D eigenvalue weighted by Gasteiger charge is 2.28. The maximum atomic E-state index is 12.4. The van der Waals surface area contributed by atoms with E-state index in [1.807, 2.05) is 0 Å². The fourth-order valence-corrected chi connectivity index (χ4v) is 2.77. The van der Waals surface area contributed by atoms with E-state index >= 15 is 0 Å². The molecule has 26 heavy (non-hydrogen) atoms. The second-order valence-electron chi connectivity index (χ2n) is 5.52. The Balaban J connectivity index is 2.39. The second kappa shape index (κ2) is 6.40. The summed E-state index contributed by atoms with van der Waals surface area (Å²) in [4.78, 5) is 23.4. The number of aromatic hydroxyl groups is 1. The number of hydrogen-bond donors (Lipinski definition) is 1. The van der Waals surface area contributed by atoms with Crippen LogP contribution in [0.5, 0.6) is 17.2 Å². The van der Waals surface area contributed by atoms with Crippen molar-refractivity contribution in [2.75, 3.05) is 14.2 Å². The maximum Gasteiger partial charge on any atom is 0.325 e. The van der Waals surface area contributed by atoms with Gasteiger partial charge in [0, 0.05) is 11.6 Å². The van der Waals surface area contributed by atoms with Crippen LogP contribution in [0.25, 0.3) is 22.3 Å². The van der Waals surface area contributed by atoms with Crippen LogP contribution in [-0.4, -0.2) is 24.2 Å². The van der Waals surface area contributed by atoms with Crippen LogP contribution in [0.15, 0.2) is 39.5 Å². The topological polar surface area (TPSA) is 112 Å². The van der Waals surface area contributed by atoms with Crippen molar-refractivity contribution in [2.45, 2.75) is 6.92 Å². The van der Waals surface area contributed by atoms with E-state index in [0.29, 0.717) is 5.56 Å². The predicted molar refractivity (Wildman–Crippen MR) is 94.1 cm³/mol. The quantitative estimate of drug-likeness (QED) is 0.562. The summed E-state index contributed by atoms with van der Waals surface area (Å²) in [7, 11) is 2.65. The Labute approximate surface area is 147 Å². The highest BCUT2D eigenvalue weighted by Crippen LogP contribution is 2.44. The molecule has 0 amide bonds. The van der Waals surface area contributed by atoms with Crippen LogP contribution in [0, 0.1) is 17.0 Å². The van der Waals surface area contributed by atoms with Gasteiger partial charge in [-0.05, 0) is 31.2 Å². The number of ether oxygens (including phenoxy) is 2. The van der Waals surface area contributed by atoms with Crippen LogP contribution >= 0.6 is 0 Å². The first kappa shape index (κ1) is 17.3. The van der Waals surface area contributed by atoms with E-state index in [2.05, 4.69) is 0 Å². The zero-order valence-electron chi connectivity index (χ0n) is 14.2. The molecule has 1 heterocycles. The van der Waals surface area contributed by atoms with E-state index in [1.165, 1.54) is 44.6 Å². The second-order valence-corrected chi connectivity index (χ2v) is 5.52. The number of phenolic OH excluding ortho intramolecular Hbond substituents is 1. The molecule has 0 unspecified atom stereocenters. The van der Waals surface area contributed by atoms with E-state index in [9.17, 15) is 20.0 Å². The minimum absolute atomic E-state index is 0.0103. The fourth-order valence-electron chi connectivity index (χ4n) is 2.77. The SMILES string of the molecule is COc1ccc(-c2cc(=O)c3ccc(O)c(C)c3o2)c([N+](=O)[O-])c1OC. The lowest BCUT2D eigenvalue weighted by Crippen LogP contribution is -2.03. The molecule has 0 spiro atoms. The Bertz CT molecular complexity index is 1090. The Morgan fingerprint density at radius 3 is 2.50 bits per heavy atom. The molecule has 8 nitrogen and oxygen atoms in total. The number of nitro benzene ring substituents is 1. The molecule has 0 radical (unpaired) electrons. The van der Waals surface area contributed by atoms with Gasteiger partial charge in [0.05, 0.1) is 30.1 Å². The van der Waals surface area contributed by atoms with Crippen LogP contribution in [0.3, 0.4) is 0 Å². The summed E-state index contributed by atoms with van der Waals surface area (Å²) in [5, 5.41) is 21.7. The molecule has 1 N–H and O–H groups in total. The first-order chi connectivity index (χ1) is 12.4. The molecular weight excluding hydrogens is 342 g/mol. The van der Waals surface area contributed by atoms with Crippen LogP contribution in [-0.2, 0) is 0 Å². The smallest absolute Gasteiger partial charge is 0.325 e. The molecule has 0 atom stereocenters. The average molecular weight is 357 g/mol. The highest BCUT2D eigenvalue weighted by molar-refractivity contribution is 5.85. The van der Waals surface area contributed by atoms with Crippen molar-refractivity contribution in [3.05, 3.63) is 56.2 Å². The molecule has 0 saturated heterocycles. The van der Waals surface area contributed by atoms with Crippen molar-refractivity contribution >= 4 is 16.7 Å². The van der Waals surface area contributed by atoms with Crippen molar-refractivity contribution in [1.29, 1.82) is 0 Å². The third-order valence-corrected chi connectivity index (χ3v) is 4.08. The lowest BCUT2D eigenvalue weighted by molar-refractivity contribution is -0.385. The Hall–Kier alpha value is -3.55. The van der Waals surface area contributed by atoms with Gasteiger partial charge in [-0.2, -0.15) is 0 Å². The van der Waals surface area contributed by atoms with E-state index < -0.39 is 4.92 Å². The van der Waals surface area contributed by atoms with Gasteiger partial charge in [-0.25, -0.2) is 0 Å². The van der Waals surface area contributed by atoms with Gasteiger partial charge in [-0.1, -0.05) is 0 Å². The average Bonchev–Trinajstić information content (AvgIpc) is 2.63. The fraction of sp³-hybridized carbons (Fsp3) is 0.167. The van der Waals surface area contributed by atoms with Gasteiger partial charge >= 0.3 is 5.69 Å². The van der Waals surface area contributed by atoms with E-state index in [4.69, 9.17) is 13.9 Å².